The minimum atomic E-state index is -1.26. The number of anilines is 1. The van der Waals surface area contributed by atoms with E-state index in [4.69, 9.17) is 25.4 Å². The molecule has 0 spiro atoms. The zero-order chi connectivity index (χ0) is 33.4. The highest BCUT2D eigenvalue weighted by molar-refractivity contribution is 6.11. The van der Waals surface area contributed by atoms with Crippen LogP contribution in [0.4, 0.5) is 10.5 Å². The fraction of sp³-hybridized carbons (Fsp3) is 0.250. The van der Waals surface area contributed by atoms with E-state index in [0.717, 1.165) is 0 Å². The van der Waals surface area contributed by atoms with Crippen LogP contribution in [0.3, 0.4) is 0 Å². The van der Waals surface area contributed by atoms with Crippen LogP contribution in [-0.2, 0) is 14.3 Å². The molecule has 6 N–H and O–H groups in total. The molecule has 0 radical (unpaired) electrons. The number of carbonyl (C=O) groups excluding carboxylic acids is 3. The summed E-state index contributed by atoms with van der Waals surface area (Å²) in [4.78, 5) is 53.9. The number of alkyl carbamates (subject to hydrolysis) is 1. The molecule has 0 bridgehead atoms. The fourth-order valence-electron chi connectivity index (χ4n) is 4.09. The van der Waals surface area contributed by atoms with Crippen molar-refractivity contribution < 1.29 is 38.5 Å². The maximum absolute atomic E-state index is 13.5. The van der Waals surface area contributed by atoms with Crippen molar-refractivity contribution in [3.05, 3.63) is 83.2 Å². The maximum Gasteiger partial charge on any atom is 0.415 e. The first-order valence-corrected chi connectivity index (χ1v) is 13.8. The number of pyridine rings is 1. The van der Waals surface area contributed by atoms with Crippen molar-refractivity contribution >= 4 is 41.5 Å². The molecule has 13 heteroatoms. The molecule has 1 heterocycles. The molecule has 13 nitrogen and oxygen atoms in total. The second kappa shape index (κ2) is 14.8. The van der Waals surface area contributed by atoms with E-state index in [0.29, 0.717) is 22.7 Å². The van der Waals surface area contributed by atoms with E-state index >= 15 is 0 Å². The zero-order valence-electron chi connectivity index (χ0n) is 25.5. The number of amides is 2. The van der Waals surface area contributed by atoms with E-state index in [1.165, 1.54) is 50.4 Å². The van der Waals surface area contributed by atoms with E-state index in [2.05, 4.69) is 22.2 Å². The Bertz CT molecular complexity index is 1640. The van der Waals surface area contributed by atoms with Crippen LogP contribution in [-0.4, -0.2) is 59.3 Å². The average Bonchev–Trinajstić information content (AvgIpc) is 2.99. The van der Waals surface area contributed by atoms with Crippen molar-refractivity contribution in [3.63, 3.8) is 0 Å². The monoisotopic (exact) mass is 617 g/mol. The number of nitrogens with one attached hydrogen (secondary N) is 3. The van der Waals surface area contributed by atoms with Gasteiger partial charge in [0.2, 0.25) is 6.29 Å². The van der Waals surface area contributed by atoms with Gasteiger partial charge in [-0.2, -0.15) is 0 Å². The molecule has 0 saturated heterocycles. The van der Waals surface area contributed by atoms with Gasteiger partial charge in [0, 0.05) is 46.1 Å². The molecule has 3 rings (SSSR count). The molecule has 2 aromatic carbocycles. The van der Waals surface area contributed by atoms with Crippen LogP contribution < -0.4 is 21.1 Å². The Labute approximate surface area is 259 Å². The summed E-state index contributed by atoms with van der Waals surface area (Å²) in [5, 5.41) is 23.0. The Hall–Kier alpha value is -5.56. The second-order valence-corrected chi connectivity index (χ2v) is 10.2. The lowest BCUT2D eigenvalue weighted by Crippen LogP contribution is -2.40. The third-order valence-electron chi connectivity index (χ3n) is 6.57. The third-order valence-corrected chi connectivity index (χ3v) is 6.57. The van der Waals surface area contributed by atoms with Gasteiger partial charge in [-0.3, -0.25) is 20.3 Å². The number of benzene rings is 2. The van der Waals surface area contributed by atoms with Crippen LogP contribution in [0, 0.1) is 18.3 Å². The van der Waals surface area contributed by atoms with Gasteiger partial charge >= 0.3 is 18.0 Å². The fourth-order valence-corrected chi connectivity index (χ4v) is 4.09. The topological polar surface area (TPSA) is 203 Å². The van der Waals surface area contributed by atoms with Crippen LogP contribution in [0.25, 0.3) is 17.2 Å². The number of hydrogen-bond acceptors (Lipinski definition) is 10. The molecule has 236 valence electrons. The lowest BCUT2D eigenvalue weighted by atomic mass is 9.94. The Morgan fingerprint density at radius 3 is 2.27 bits per heavy atom. The molecule has 2 atom stereocenters. The SMILES string of the molecule is C=Cc1cc(C(=O)Nc2ccc(C(=N)NC(=O)OC(C)OC(=O)[C@@H](N)C(C)C)cc2)c(-c2ccc(C)nc2C(=O)O)cc1OC. The standard InChI is InChI=1S/C32H35N5O8/c1-7-19-14-24(23(15-25(19)43-6)22-13-8-17(4)35-27(22)30(39)40)29(38)36-21-11-9-20(10-12-21)28(34)37-32(42)45-18(5)44-31(41)26(33)16(2)3/h7-16,18,26H,1,33H2,2-6H3,(H,36,38)(H,39,40)(H2,34,37,42)/t18?,26-/m0/s1. The number of nitrogens with two attached hydrogens (primary N) is 1. The summed E-state index contributed by atoms with van der Waals surface area (Å²) >= 11 is 0. The van der Waals surface area contributed by atoms with Crippen molar-refractivity contribution in [1.82, 2.24) is 10.3 Å². The van der Waals surface area contributed by atoms with E-state index in [-0.39, 0.29) is 39.7 Å². The number of aromatic carboxylic acids is 1. The van der Waals surface area contributed by atoms with Crippen LogP contribution in [0.2, 0.25) is 0 Å². The van der Waals surface area contributed by atoms with Crippen LogP contribution in [0.1, 0.15) is 58.4 Å². The summed E-state index contributed by atoms with van der Waals surface area (Å²) in [6, 6.07) is 11.4. The lowest BCUT2D eigenvalue weighted by Gasteiger charge is -2.19. The molecule has 1 aromatic heterocycles. The Morgan fingerprint density at radius 2 is 1.69 bits per heavy atom. The number of aryl methyl sites for hydroxylation is 1. The van der Waals surface area contributed by atoms with Crippen molar-refractivity contribution in [1.29, 1.82) is 5.41 Å². The Kier molecular flexibility index (Phi) is 11.1. The van der Waals surface area contributed by atoms with Gasteiger partial charge in [0.25, 0.3) is 5.91 Å². The summed E-state index contributed by atoms with van der Waals surface area (Å²) in [6.07, 6.45) is -0.749. The molecule has 0 fully saturated rings. The molecular weight excluding hydrogens is 582 g/mol. The van der Waals surface area contributed by atoms with E-state index in [1.807, 2.05) is 0 Å². The molecule has 2 amide bonds. The van der Waals surface area contributed by atoms with Crippen molar-refractivity contribution in [2.24, 2.45) is 11.7 Å². The molecule has 0 aliphatic rings. The summed E-state index contributed by atoms with van der Waals surface area (Å²) < 4.78 is 15.4. The summed E-state index contributed by atoms with van der Waals surface area (Å²) in [5.41, 5.74) is 7.79. The Balaban J connectivity index is 1.77. The number of rotatable bonds is 11. The number of hydrogen-bond donors (Lipinski definition) is 5. The summed E-state index contributed by atoms with van der Waals surface area (Å²) in [6.45, 7) is 10.3. The quantitative estimate of drug-likeness (QED) is 0.0876. The van der Waals surface area contributed by atoms with Gasteiger partial charge in [-0.25, -0.2) is 14.6 Å². The number of ether oxygens (including phenoxy) is 3. The molecule has 0 aliphatic carbocycles. The predicted molar refractivity (Wildman–Crippen MR) is 167 cm³/mol. The largest absolute Gasteiger partial charge is 0.496 e. The van der Waals surface area contributed by atoms with Crippen molar-refractivity contribution in [2.45, 2.75) is 40.0 Å². The van der Waals surface area contributed by atoms with Crippen molar-refractivity contribution in [3.8, 4) is 16.9 Å². The van der Waals surface area contributed by atoms with Gasteiger partial charge in [0.05, 0.1) is 7.11 Å². The van der Waals surface area contributed by atoms with E-state index in [1.54, 1.807) is 39.0 Å². The van der Waals surface area contributed by atoms with Gasteiger partial charge in [-0.1, -0.05) is 32.6 Å². The minimum absolute atomic E-state index is 0.143. The predicted octanol–water partition coefficient (Wildman–Crippen LogP) is 4.58. The first kappa shape index (κ1) is 33.9. The van der Waals surface area contributed by atoms with Crippen LogP contribution in [0.5, 0.6) is 5.75 Å². The molecule has 0 aliphatic heterocycles. The van der Waals surface area contributed by atoms with Gasteiger partial charge in [-0.15, -0.1) is 0 Å². The number of nitrogens with zero attached hydrogens (tertiary/aromatic N) is 1. The van der Waals surface area contributed by atoms with Crippen molar-refractivity contribution in [2.75, 3.05) is 12.4 Å². The highest BCUT2D eigenvalue weighted by Gasteiger charge is 2.24. The zero-order valence-corrected chi connectivity index (χ0v) is 25.5. The molecular formula is C32H35N5O8. The molecule has 0 saturated carbocycles. The third kappa shape index (κ3) is 8.51. The summed E-state index contributed by atoms with van der Waals surface area (Å²) in [7, 11) is 1.45. The van der Waals surface area contributed by atoms with Gasteiger partial charge in [0.15, 0.2) is 5.69 Å². The lowest BCUT2D eigenvalue weighted by molar-refractivity contribution is -0.167. The second-order valence-electron chi connectivity index (χ2n) is 10.2. The van der Waals surface area contributed by atoms with Crippen LogP contribution >= 0.6 is 0 Å². The number of esters is 1. The smallest absolute Gasteiger partial charge is 0.415 e. The molecule has 1 unspecified atom stereocenters. The van der Waals surface area contributed by atoms with Gasteiger partial charge in [-0.05, 0) is 55.3 Å². The molecule has 3 aromatic rings. The highest BCUT2D eigenvalue weighted by Crippen LogP contribution is 2.34. The summed E-state index contributed by atoms with van der Waals surface area (Å²) in [5.74, 6) is -2.63. The number of carbonyl (C=O) groups is 4. The Morgan fingerprint density at radius 1 is 1.02 bits per heavy atom. The first-order valence-electron chi connectivity index (χ1n) is 13.8. The number of amidine groups is 1. The van der Waals surface area contributed by atoms with Gasteiger partial charge < -0.3 is 30.4 Å². The number of carboxylic acid groups (broad SMARTS) is 1. The number of carboxylic acids is 1. The number of aromatic nitrogens is 1. The highest BCUT2D eigenvalue weighted by atomic mass is 16.7. The normalized spacial score (nSPS) is 12.0. The molecule has 45 heavy (non-hydrogen) atoms. The number of methoxy groups -OCH3 is 1. The van der Waals surface area contributed by atoms with Gasteiger partial charge in [0.1, 0.15) is 17.6 Å². The first-order chi connectivity index (χ1) is 21.2. The maximum atomic E-state index is 13.5. The minimum Gasteiger partial charge on any atom is -0.496 e. The van der Waals surface area contributed by atoms with E-state index < -0.39 is 36.3 Å². The average molecular weight is 618 g/mol. The van der Waals surface area contributed by atoms with Crippen LogP contribution in [0.15, 0.2) is 55.1 Å². The van der Waals surface area contributed by atoms with E-state index in [9.17, 15) is 24.3 Å².